The number of benzene rings is 1. The van der Waals surface area contributed by atoms with E-state index in [2.05, 4.69) is 6.58 Å². The van der Waals surface area contributed by atoms with E-state index in [9.17, 15) is 4.79 Å². The summed E-state index contributed by atoms with van der Waals surface area (Å²) in [6.07, 6.45) is 2.40. The summed E-state index contributed by atoms with van der Waals surface area (Å²) in [7, 11) is 0. The van der Waals surface area contributed by atoms with Crippen molar-refractivity contribution in [2.24, 2.45) is 5.92 Å². The Morgan fingerprint density at radius 2 is 2.19 bits per heavy atom. The minimum atomic E-state index is -0.164. The van der Waals surface area contributed by atoms with Gasteiger partial charge in [-0.25, -0.2) is 0 Å². The Morgan fingerprint density at radius 1 is 1.50 bits per heavy atom. The molecule has 16 heavy (non-hydrogen) atoms. The molecule has 1 aromatic carbocycles. The molecule has 0 saturated heterocycles. The molecule has 0 aliphatic rings. The van der Waals surface area contributed by atoms with Crippen molar-refractivity contribution in [2.75, 3.05) is 0 Å². The molecule has 0 radical (unpaired) electrons. The molecule has 0 fully saturated rings. The lowest BCUT2D eigenvalue weighted by atomic mass is 10.1. The zero-order valence-electron chi connectivity index (χ0n) is 9.90. The highest BCUT2D eigenvalue weighted by molar-refractivity contribution is 5.72. The molecular formula is C14H18O2. The molecule has 0 N–H and O–H groups in total. The molecule has 0 aliphatic carbocycles. The average molecular weight is 218 g/mol. The van der Waals surface area contributed by atoms with Crippen LogP contribution in [0.3, 0.4) is 0 Å². The molecule has 0 bridgehead atoms. The third-order valence-corrected chi connectivity index (χ3v) is 2.55. The topological polar surface area (TPSA) is 26.3 Å². The quantitative estimate of drug-likeness (QED) is 0.560. The van der Waals surface area contributed by atoms with Crippen LogP contribution in [0.5, 0.6) is 0 Å². The Morgan fingerprint density at radius 3 is 2.81 bits per heavy atom. The van der Waals surface area contributed by atoms with Crippen LogP contribution in [-0.2, 0) is 16.1 Å². The van der Waals surface area contributed by atoms with E-state index in [0.29, 0.717) is 13.0 Å². The van der Waals surface area contributed by atoms with Crippen molar-refractivity contribution in [2.45, 2.75) is 26.9 Å². The lowest BCUT2D eigenvalue weighted by Gasteiger charge is -2.10. The summed E-state index contributed by atoms with van der Waals surface area (Å²) in [5.74, 6) is -0.273. The number of hydrogen-bond acceptors (Lipinski definition) is 2. The van der Waals surface area contributed by atoms with Gasteiger partial charge in [0.05, 0.1) is 5.92 Å². The van der Waals surface area contributed by atoms with Gasteiger partial charge in [-0.15, -0.1) is 6.58 Å². The number of aryl methyl sites for hydroxylation is 1. The zero-order chi connectivity index (χ0) is 12.0. The van der Waals surface area contributed by atoms with Crippen LogP contribution < -0.4 is 0 Å². The van der Waals surface area contributed by atoms with Crippen LogP contribution in [0.1, 0.15) is 24.5 Å². The summed E-state index contributed by atoms with van der Waals surface area (Å²) < 4.78 is 5.24. The molecule has 0 aromatic heterocycles. The third-order valence-electron chi connectivity index (χ3n) is 2.55. The number of esters is 1. The maximum absolute atomic E-state index is 11.5. The Balaban J connectivity index is 2.49. The fraction of sp³-hybridized carbons (Fsp3) is 0.357. The van der Waals surface area contributed by atoms with Gasteiger partial charge >= 0.3 is 5.97 Å². The Hall–Kier alpha value is -1.57. The number of carbonyl (C=O) groups is 1. The van der Waals surface area contributed by atoms with Crippen LogP contribution in [0.25, 0.3) is 0 Å². The van der Waals surface area contributed by atoms with Crippen molar-refractivity contribution in [3.05, 3.63) is 48.0 Å². The van der Waals surface area contributed by atoms with Gasteiger partial charge in [0.25, 0.3) is 0 Å². The molecular weight excluding hydrogens is 200 g/mol. The maximum atomic E-state index is 11.5. The minimum Gasteiger partial charge on any atom is -0.461 e. The minimum absolute atomic E-state index is 0.110. The van der Waals surface area contributed by atoms with E-state index in [-0.39, 0.29) is 11.9 Å². The van der Waals surface area contributed by atoms with E-state index in [0.717, 1.165) is 11.1 Å². The summed E-state index contributed by atoms with van der Waals surface area (Å²) in [4.78, 5) is 11.5. The summed E-state index contributed by atoms with van der Waals surface area (Å²) in [6, 6.07) is 7.90. The SMILES string of the molecule is C=CC[C@H](C)C(=O)OCc1ccccc1C. The number of rotatable bonds is 5. The van der Waals surface area contributed by atoms with Crippen molar-refractivity contribution < 1.29 is 9.53 Å². The Kier molecular flexibility index (Phi) is 4.77. The Labute approximate surface area is 96.9 Å². The van der Waals surface area contributed by atoms with Crippen molar-refractivity contribution in [1.29, 1.82) is 0 Å². The Bertz CT molecular complexity index is 369. The van der Waals surface area contributed by atoms with Gasteiger partial charge in [-0.2, -0.15) is 0 Å². The van der Waals surface area contributed by atoms with Crippen molar-refractivity contribution in [3.63, 3.8) is 0 Å². The summed E-state index contributed by atoms with van der Waals surface area (Å²) >= 11 is 0. The van der Waals surface area contributed by atoms with Crippen LogP contribution in [0.2, 0.25) is 0 Å². The fourth-order valence-electron chi connectivity index (χ4n) is 1.41. The maximum Gasteiger partial charge on any atom is 0.309 e. The molecule has 0 spiro atoms. The molecule has 1 rings (SSSR count). The van der Waals surface area contributed by atoms with Gasteiger partial charge in [0.1, 0.15) is 6.61 Å². The normalized spacial score (nSPS) is 11.9. The van der Waals surface area contributed by atoms with E-state index in [1.54, 1.807) is 6.08 Å². The largest absolute Gasteiger partial charge is 0.461 e. The highest BCUT2D eigenvalue weighted by Crippen LogP contribution is 2.11. The number of carbonyl (C=O) groups excluding carboxylic acids is 1. The molecule has 0 unspecified atom stereocenters. The van der Waals surface area contributed by atoms with Crippen molar-refractivity contribution in [3.8, 4) is 0 Å². The van der Waals surface area contributed by atoms with Crippen LogP contribution in [0.15, 0.2) is 36.9 Å². The molecule has 0 aliphatic heterocycles. The van der Waals surface area contributed by atoms with Crippen LogP contribution in [-0.4, -0.2) is 5.97 Å². The lowest BCUT2D eigenvalue weighted by Crippen LogP contribution is -2.14. The molecule has 2 heteroatoms. The monoisotopic (exact) mass is 218 g/mol. The summed E-state index contributed by atoms with van der Waals surface area (Å²) in [5, 5.41) is 0. The summed E-state index contributed by atoms with van der Waals surface area (Å²) in [6.45, 7) is 7.82. The van der Waals surface area contributed by atoms with E-state index in [4.69, 9.17) is 4.74 Å². The smallest absolute Gasteiger partial charge is 0.309 e. The van der Waals surface area contributed by atoms with Gasteiger partial charge in [-0.1, -0.05) is 37.3 Å². The van der Waals surface area contributed by atoms with Crippen LogP contribution in [0.4, 0.5) is 0 Å². The van der Waals surface area contributed by atoms with Crippen LogP contribution in [0, 0.1) is 12.8 Å². The first kappa shape index (κ1) is 12.5. The predicted octanol–water partition coefficient (Wildman–Crippen LogP) is 3.25. The van der Waals surface area contributed by atoms with Gasteiger partial charge in [0.2, 0.25) is 0 Å². The third kappa shape index (κ3) is 3.54. The standard InChI is InChI=1S/C14H18O2/c1-4-7-12(3)14(15)16-10-13-9-6-5-8-11(13)2/h4-6,8-9,12H,1,7,10H2,2-3H3/t12-/m0/s1. The molecule has 2 nitrogen and oxygen atoms in total. The van der Waals surface area contributed by atoms with Crippen molar-refractivity contribution >= 4 is 5.97 Å². The van der Waals surface area contributed by atoms with Gasteiger partial charge in [0, 0.05) is 0 Å². The first-order valence-electron chi connectivity index (χ1n) is 5.47. The number of ether oxygens (including phenoxy) is 1. The van der Waals surface area contributed by atoms with E-state index in [1.807, 2.05) is 38.1 Å². The second-order valence-electron chi connectivity index (χ2n) is 3.96. The highest BCUT2D eigenvalue weighted by Gasteiger charge is 2.12. The lowest BCUT2D eigenvalue weighted by molar-refractivity contribution is -0.149. The first-order chi connectivity index (χ1) is 7.65. The van der Waals surface area contributed by atoms with Crippen molar-refractivity contribution in [1.82, 2.24) is 0 Å². The fourth-order valence-corrected chi connectivity index (χ4v) is 1.41. The molecule has 1 aromatic rings. The van der Waals surface area contributed by atoms with E-state index < -0.39 is 0 Å². The van der Waals surface area contributed by atoms with Gasteiger partial charge in [-0.05, 0) is 24.5 Å². The highest BCUT2D eigenvalue weighted by atomic mass is 16.5. The average Bonchev–Trinajstić information content (AvgIpc) is 2.28. The van der Waals surface area contributed by atoms with E-state index >= 15 is 0 Å². The zero-order valence-corrected chi connectivity index (χ0v) is 9.90. The van der Waals surface area contributed by atoms with E-state index in [1.165, 1.54) is 0 Å². The molecule has 1 atom stereocenters. The molecule has 0 heterocycles. The molecule has 86 valence electrons. The summed E-state index contributed by atoms with van der Waals surface area (Å²) in [5.41, 5.74) is 2.20. The van der Waals surface area contributed by atoms with Gasteiger partial charge in [0.15, 0.2) is 0 Å². The predicted molar refractivity (Wildman–Crippen MR) is 65.0 cm³/mol. The number of hydrogen-bond donors (Lipinski definition) is 0. The van der Waals surface area contributed by atoms with Crippen LogP contribution >= 0.6 is 0 Å². The second-order valence-corrected chi connectivity index (χ2v) is 3.96. The number of allylic oxidation sites excluding steroid dienone is 1. The molecule has 0 saturated carbocycles. The van der Waals surface area contributed by atoms with Gasteiger partial charge < -0.3 is 4.74 Å². The second kappa shape index (κ2) is 6.11. The first-order valence-corrected chi connectivity index (χ1v) is 5.47. The van der Waals surface area contributed by atoms with Gasteiger partial charge in [-0.3, -0.25) is 4.79 Å². The molecule has 0 amide bonds.